The van der Waals surface area contributed by atoms with E-state index in [0.717, 1.165) is 18.8 Å². The molecular formula is C11H14ClNO. The quantitative estimate of drug-likeness (QED) is 0.756. The van der Waals surface area contributed by atoms with E-state index in [4.69, 9.17) is 16.3 Å². The Morgan fingerprint density at radius 3 is 3.07 bits per heavy atom. The summed E-state index contributed by atoms with van der Waals surface area (Å²) in [4.78, 5) is 0. The van der Waals surface area contributed by atoms with Crippen molar-refractivity contribution in [1.82, 2.24) is 5.32 Å². The fourth-order valence-electron chi connectivity index (χ4n) is 1.13. The van der Waals surface area contributed by atoms with E-state index in [-0.39, 0.29) is 0 Å². The Balaban J connectivity index is 2.42. The standard InChI is InChI=1S/C11H14ClNO/c1-14-11-5-2-4-10(8-11)9-13-7-3-6-12/h2-6,8,13H,7,9H2,1H3/b6-3+. The lowest BCUT2D eigenvalue weighted by atomic mass is 10.2. The van der Waals surface area contributed by atoms with Crippen LogP contribution in [0.4, 0.5) is 0 Å². The zero-order valence-electron chi connectivity index (χ0n) is 8.16. The van der Waals surface area contributed by atoms with Gasteiger partial charge in [-0.25, -0.2) is 0 Å². The Bertz CT molecular complexity index is 299. The maximum absolute atomic E-state index is 5.39. The van der Waals surface area contributed by atoms with Gasteiger partial charge in [0.05, 0.1) is 7.11 Å². The molecule has 14 heavy (non-hydrogen) atoms. The van der Waals surface area contributed by atoms with E-state index in [9.17, 15) is 0 Å². The monoisotopic (exact) mass is 211 g/mol. The van der Waals surface area contributed by atoms with Crippen LogP contribution in [0.3, 0.4) is 0 Å². The van der Waals surface area contributed by atoms with Crippen LogP contribution in [0, 0.1) is 0 Å². The van der Waals surface area contributed by atoms with Gasteiger partial charge < -0.3 is 10.1 Å². The first-order chi connectivity index (χ1) is 6.86. The van der Waals surface area contributed by atoms with E-state index in [1.54, 1.807) is 7.11 Å². The van der Waals surface area contributed by atoms with E-state index < -0.39 is 0 Å². The molecule has 1 aromatic rings. The Kier molecular flexibility index (Phi) is 5.12. The second-order valence-electron chi connectivity index (χ2n) is 2.84. The molecule has 1 rings (SSSR count). The fraction of sp³-hybridized carbons (Fsp3) is 0.273. The number of hydrogen-bond donors (Lipinski definition) is 1. The van der Waals surface area contributed by atoms with Crippen molar-refractivity contribution in [3.8, 4) is 5.75 Å². The zero-order chi connectivity index (χ0) is 10.2. The minimum atomic E-state index is 0.778. The predicted molar refractivity (Wildman–Crippen MR) is 59.7 cm³/mol. The molecule has 1 aromatic carbocycles. The molecule has 0 spiro atoms. The number of rotatable bonds is 5. The molecule has 0 amide bonds. The van der Waals surface area contributed by atoms with Crippen LogP contribution < -0.4 is 10.1 Å². The highest BCUT2D eigenvalue weighted by molar-refractivity contribution is 6.25. The van der Waals surface area contributed by atoms with Crippen molar-refractivity contribution in [2.45, 2.75) is 6.54 Å². The summed E-state index contributed by atoms with van der Waals surface area (Å²) in [5.74, 6) is 0.886. The van der Waals surface area contributed by atoms with Crippen molar-refractivity contribution in [3.05, 3.63) is 41.4 Å². The van der Waals surface area contributed by atoms with Gasteiger partial charge >= 0.3 is 0 Å². The molecule has 0 bridgehead atoms. The van der Waals surface area contributed by atoms with Gasteiger partial charge in [0, 0.05) is 18.6 Å². The lowest BCUT2D eigenvalue weighted by Gasteiger charge is -2.04. The summed E-state index contributed by atoms with van der Waals surface area (Å²) in [5, 5.41) is 3.23. The molecule has 0 saturated carbocycles. The van der Waals surface area contributed by atoms with Crippen LogP contribution in [0.15, 0.2) is 35.9 Å². The summed E-state index contributed by atoms with van der Waals surface area (Å²) in [6.07, 6.45) is 1.86. The van der Waals surface area contributed by atoms with Crippen molar-refractivity contribution in [2.24, 2.45) is 0 Å². The number of halogens is 1. The molecule has 2 nitrogen and oxygen atoms in total. The molecule has 1 N–H and O–H groups in total. The van der Waals surface area contributed by atoms with Crippen molar-refractivity contribution in [3.63, 3.8) is 0 Å². The largest absolute Gasteiger partial charge is 0.497 e. The second-order valence-corrected chi connectivity index (χ2v) is 3.10. The number of ether oxygens (including phenoxy) is 1. The number of nitrogens with one attached hydrogen (secondary N) is 1. The minimum Gasteiger partial charge on any atom is -0.497 e. The van der Waals surface area contributed by atoms with Crippen LogP contribution in [-0.4, -0.2) is 13.7 Å². The Hall–Kier alpha value is -0.990. The van der Waals surface area contributed by atoms with Crippen molar-refractivity contribution in [2.75, 3.05) is 13.7 Å². The number of hydrogen-bond acceptors (Lipinski definition) is 2. The lowest BCUT2D eigenvalue weighted by Crippen LogP contribution is -2.12. The van der Waals surface area contributed by atoms with Gasteiger partial charge in [-0.2, -0.15) is 0 Å². The Labute approximate surface area is 89.5 Å². The van der Waals surface area contributed by atoms with Crippen LogP contribution >= 0.6 is 11.6 Å². The first-order valence-corrected chi connectivity index (χ1v) is 4.89. The van der Waals surface area contributed by atoms with Crippen LogP contribution in [-0.2, 0) is 6.54 Å². The van der Waals surface area contributed by atoms with Gasteiger partial charge in [-0.1, -0.05) is 29.8 Å². The van der Waals surface area contributed by atoms with Gasteiger partial charge in [0.25, 0.3) is 0 Å². The first-order valence-electron chi connectivity index (χ1n) is 4.45. The summed E-state index contributed by atoms with van der Waals surface area (Å²) in [5.41, 5.74) is 2.71. The number of benzene rings is 1. The summed E-state index contributed by atoms with van der Waals surface area (Å²) in [7, 11) is 1.67. The molecule has 0 heterocycles. The van der Waals surface area contributed by atoms with Crippen LogP contribution in [0.1, 0.15) is 5.56 Å². The third-order valence-corrected chi connectivity index (χ3v) is 1.99. The van der Waals surface area contributed by atoms with Crippen molar-refractivity contribution in [1.29, 1.82) is 0 Å². The number of methoxy groups -OCH3 is 1. The van der Waals surface area contributed by atoms with Crippen LogP contribution in [0.25, 0.3) is 0 Å². The summed E-state index contributed by atoms with van der Waals surface area (Å²) < 4.78 is 5.12. The van der Waals surface area contributed by atoms with Crippen LogP contribution in [0.5, 0.6) is 5.75 Å². The highest BCUT2D eigenvalue weighted by Gasteiger charge is 1.93. The van der Waals surface area contributed by atoms with Gasteiger partial charge in [-0.05, 0) is 17.7 Å². The summed E-state index contributed by atoms with van der Waals surface area (Å²) in [6, 6.07) is 7.98. The van der Waals surface area contributed by atoms with Gasteiger partial charge in [-0.3, -0.25) is 0 Å². The fourth-order valence-corrected chi connectivity index (χ4v) is 1.22. The molecule has 0 aliphatic heterocycles. The molecule has 0 aromatic heterocycles. The second kappa shape index (κ2) is 6.46. The maximum Gasteiger partial charge on any atom is 0.119 e. The van der Waals surface area contributed by atoms with E-state index in [1.165, 1.54) is 11.1 Å². The van der Waals surface area contributed by atoms with Crippen LogP contribution in [0.2, 0.25) is 0 Å². The zero-order valence-corrected chi connectivity index (χ0v) is 8.92. The average Bonchev–Trinajstić information content (AvgIpc) is 2.25. The first kappa shape index (κ1) is 11.1. The highest BCUT2D eigenvalue weighted by Crippen LogP contribution is 2.11. The molecule has 76 valence electrons. The lowest BCUT2D eigenvalue weighted by molar-refractivity contribution is 0.414. The minimum absolute atomic E-state index is 0.778. The molecular weight excluding hydrogens is 198 g/mol. The Morgan fingerprint density at radius 1 is 1.50 bits per heavy atom. The highest BCUT2D eigenvalue weighted by atomic mass is 35.5. The van der Waals surface area contributed by atoms with Crippen molar-refractivity contribution >= 4 is 11.6 Å². The molecule has 0 aliphatic rings. The van der Waals surface area contributed by atoms with Gasteiger partial charge in [0.1, 0.15) is 5.75 Å². The Morgan fingerprint density at radius 2 is 2.36 bits per heavy atom. The summed E-state index contributed by atoms with van der Waals surface area (Å²) in [6.45, 7) is 1.60. The molecule has 0 unspecified atom stereocenters. The molecule has 0 fully saturated rings. The van der Waals surface area contributed by atoms with E-state index in [0.29, 0.717) is 0 Å². The van der Waals surface area contributed by atoms with E-state index in [1.807, 2.05) is 24.3 Å². The molecule has 0 radical (unpaired) electrons. The maximum atomic E-state index is 5.39. The molecule has 0 aliphatic carbocycles. The van der Waals surface area contributed by atoms with Gasteiger partial charge in [0.15, 0.2) is 0 Å². The molecule has 3 heteroatoms. The predicted octanol–water partition coefficient (Wildman–Crippen LogP) is 2.54. The van der Waals surface area contributed by atoms with Gasteiger partial charge in [0.2, 0.25) is 0 Å². The van der Waals surface area contributed by atoms with Gasteiger partial charge in [-0.15, -0.1) is 0 Å². The average molecular weight is 212 g/mol. The van der Waals surface area contributed by atoms with E-state index in [2.05, 4.69) is 11.4 Å². The third-order valence-electron chi connectivity index (χ3n) is 1.81. The topological polar surface area (TPSA) is 21.3 Å². The smallest absolute Gasteiger partial charge is 0.119 e. The normalized spacial score (nSPS) is 10.7. The SMILES string of the molecule is COc1cccc(CNC/C=C/Cl)c1. The van der Waals surface area contributed by atoms with E-state index >= 15 is 0 Å². The molecule has 0 saturated heterocycles. The molecule has 0 atom stereocenters. The summed E-state index contributed by atoms with van der Waals surface area (Å²) >= 11 is 5.39. The third kappa shape index (κ3) is 3.81. The van der Waals surface area contributed by atoms with Crippen molar-refractivity contribution < 1.29 is 4.74 Å².